The number of nitrogens with zero attached hydrogens (tertiary/aromatic N) is 3. The summed E-state index contributed by atoms with van der Waals surface area (Å²) in [7, 11) is 0. The number of para-hydroxylation sites is 1. The molecule has 0 radical (unpaired) electrons. The quantitative estimate of drug-likeness (QED) is 0.884. The normalized spacial score (nSPS) is 11.3. The first-order chi connectivity index (χ1) is 10.6. The largest absolute Gasteiger partial charge is 0.348 e. The van der Waals surface area contributed by atoms with Crippen LogP contribution in [-0.2, 0) is 0 Å². The Hall–Kier alpha value is -2.94. The fourth-order valence-electron chi connectivity index (χ4n) is 1.76. The van der Waals surface area contributed by atoms with E-state index in [2.05, 4.69) is 26.7 Å². The maximum absolute atomic E-state index is 12.1. The molecule has 0 fully saturated rings. The number of anilines is 2. The van der Waals surface area contributed by atoms with E-state index in [1.807, 2.05) is 19.9 Å². The van der Waals surface area contributed by atoms with E-state index in [9.17, 15) is 4.79 Å². The molecule has 0 aliphatic carbocycles. The van der Waals surface area contributed by atoms with Crippen molar-refractivity contribution in [2.45, 2.75) is 26.3 Å². The van der Waals surface area contributed by atoms with Crippen LogP contribution in [0.3, 0.4) is 0 Å². The van der Waals surface area contributed by atoms with E-state index in [0.29, 0.717) is 11.3 Å². The minimum Gasteiger partial charge on any atom is -0.348 e. The second-order valence-electron chi connectivity index (χ2n) is 4.83. The molecule has 1 unspecified atom stereocenters. The molecule has 6 heteroatoms. The third-order valence-corrected chi connectivity index (χ3v) is 3.17. The molecule has 0 spiro atoms. The van der Waals surface area contributed by atoms with Crippen molar-refractivity contribution in [2.75, 3.05) is 5.32 Å². The predicted octanol–water partition coefficient (Wildman–Crippen LogP) is 2.62. The number of carbonyl (C=O) groups excluding carboxylic acids is 1. The van der Waals surface area contributed by atoms with Crippen molar-refractivity contribution in [3.63, 3.8) is 0 Å². The van der Waals surface area contributed by atoms with Gasteiger partial charge in [0.05, 0.1) is 11.3 Å². The maximum atomic E-state index is 12.1. The zero-order valence-electron chi connectivity index (χ0n) is 12.5. The molecule has 0 saturated carbocycles. The lowest BCUT2D eigenvalue weighted by molar-refractivity contribution is 0.0934. The Morgan fingerprint density at radius 3 is 2.86 bits per heavy atom. The van der Waals surface area contributed by atoms with Crippen molar-refractivity contribution < 1.29 is 4.79 Å². The summed E-state index contributed by atoms with van der Waals surface area (Å²) in [5.41, 5.74) is 1.37. The molecule has 2 rings (SSSR count). The summed E-state index contributed by atoms with van der Waals surface area (Å²) in [6.07, 6.45) is 2.35. The number of hydrogen-bond donors (Lipinski definition) is 2. The number of benzene rings is 1. The van der Waals surface area contributed by atoms with Crippen LogP contribution in [0.4, 0.5) is 11.6 Å². The Bertz CT molecular complexity index is 708. The number of carbonyl (C=O) groups is 1. The lowest BCUT2D eigenvalue weighted by Gasteiger charge is -2.11. The summed E-state index contributed by atoms with van der Waals surface area (Å²) in [5, 5.41) is 14.9. The lowest BCUT2D eigenvalue weighted by atomic mass is 10.2. The number of nitrogens with one attached hydrogen (secondary N) is 2. The van der Waals surface area contributed by atoms with E-state index < -0.39 is 0 Å². The third-order valence-electron chi connectivity index (χ3n) is 3.17. The van der Waals surface area contributed by atoms with Gasteiger partial charge in [0.15, 0.2) is 0 Å². The minimum atomic E-state index is -0.242. The molecule has 1 aromatic heterocycles. The maximum Gasteiger partial charge on any atom is 0.270 e. The van der Waals surface area contributed by atoms with Gasteiger partial charge in [-0.05, 0) is 31.5 Å². The standard InChI is InChI=1S/C16H17N5O/c1-3-11(2)19-15(22)14-8-9-18-16(21-14)20-13-7-5-4-6-12(13)10-17/h4-9,11H,3H2,1-2H3,(H,19,22)(H,18,20,21). The van der Waals surface area contributed by atoms with Crippen molar-refractivity contribution in [1.29, 1.82) is 5.26 Å². The van der Waals surface area contributed by atoms with Gasteiger partial charge >= 0.3 is 0 Å². The summed E-state index contributed by atoms with van der Waals surface area (Å²) >= 11 is 0. The molecule has 112 valence electrons. The zero-order chi connectivity index (χ0) is 15.9. The molecular formula is C16H17N5O. The molecule has 22 heavy (non-hydrogen) atoms. The summed E-state index contributed by atoms with van der Waals surface area (Å²) in [5.74, 6) is 0.0351. The van der Waals surface area contributed by atoms with E-state index in [-0.39, 0.29) is 23.6 Å². The Labute approximate surface area is 129 Å². The van der Waals surface area contributed by atoms with Gasteiger partial charge < -0.3 is 10.6 Å². The topological polar surface area (TPSA) is 90.7 Å². The van der Waals surface area contributed by atoms with Crippen molar-refractivity contribution in [3.05, 3.63) is 47.8 Å². The van der Waals surface area contributed by atoms with Gasteiger partial charge in [0.2, 0.25) is 5.95 Å². The van der Waals surface area contributed by atoms with Crippen molar-refractivity contribution in [1.82, 2.24) is 15.3 Å². The van der Waals surface area contributed by atoms with Crippen molar-refractivity contribution >= 4 is 17.5 Å². The van der Waals surface area contributed by atoms with E-state index in [1.165, 1.54) is 6.20 Å². The Kier molecular flexibility index (Phi) is 5.04. The van der Waals surface area contributed by atoms with Crippen LogP contribution in [0.1, 0.15) is 36.3 Å². The number of hydrogen-bond acceptors (Lipinski definition) is 5. The van der Waals surface area contributed by atoms with E-state index in [4.69, 9.17) is 5.26 Å². The highest BCUT2D eigenvalue weighted by Gasteiger charge is 2.11. The highest BCUT2D eigenvalue weighted by atomic mass is 16.1. The molecule has 0 saturated heterocycles. The highest BCUT2D eigenvalue weighted by Crippen LogP contribution is 2.17. The highest BCUT2D eigenvalue weighted by molar-refractivity contribution is 5.92. The van der Waals surface area contributed by atoms with Gasteiger partial charge in [-0.3, -0.25) is 4.79 Å². The fourth-order valence-corrected chi connectivity index (χ4v) is 1.76. The predicted molar refractivity (Wildman–Crippen MR) is 83.7 cm³/mol. The molecule has 1 amide bonds. The third kappa shape index (κ3) is 3.79. The minimum absolute atomic E-state index is 0.0817. The number of aromatic nitrogens is 2. The smallest absolute Gasteiger partial charge is 0.270 e. The van der Waals surface area contributed by atoms with Crippen LogP contribution in [0, 0.1) is 11.3 Å². The average molecular weight is 295 g/mol. The first-order valence-corrected chi connectivity index (χ1v) is 7.04. The van der Waals surface area contributed by atoms with Crippen molar-refractivity contribution in [2.24, 2.45) is 0 Å². The second-order valence-corrected chi connectivity index (χ2v) is 4.83. The average Bonchev–Trinajstić information content (AvgIpc) is 2.55. The van der Waals surface area contributed by atoms with Gasteiger partial charge in [-0.15, -0.1) is 0 Å². The number of amides is 1. The molecule has 0 bridgehead atoms. The zero-order valence-corrected chi connectivity index (χ0v) is 12.5. The van der Waals surface area contributed by atoms with Gasteiger partial charge in [-0.2, -0.15) is 5.26 Å². The summed E-state index contributed by atoms with van der Waals surface area (Å²) in [4.78, 5) is 20.3. The van der Waals surface area contributed by atoms with Crippen LogP contribution in [0.15, 0.2) is 36.5 Å². The molecule has 6 nitrogen and oxygen atoms in total. The van der Waals surface area contributed by atoms with E-state index in [1.54, 1.807) is 24.3 Å². The molecule has 1 aromatic carbocycles. The molecule has 0 aliphatic rings. The fraction of sp³-hybridized carbons (Fsp3) is 0.250. The Balaban J connectivity index is 2.18. The van der Waals surface area contributed by atoms with Gasteiger partial charge in [-0.1, -0.05) is 19.1 Å². The van der Waals surface area contributed by atoms with Crippen LogP contribution >= 0.6 is 0 Å². The van der Waals surface area contributed by atoms with E-state index >= 15 is 0 Å². The first-order valence-electron chi connectivity index (χ1n) is 7.04. The monoisotopic (exact) mass is 295 g/mol. The van der Waals surface area contributed by atoms with Gasteiger partial charge in [0, 0.05) is 12.2 Å². The molecule has 2 aromatic rings. The number of nitriles is 1. The van der Waals surface area contributed by atoms with Gasteiger partial charge in [-0.25, -0.2) is 9.97 Å². The molecule has 1 heterocycles. The van der Waals surface area contributed by atoms with Crippen LogP contribution in [-0.4, -0.2) is 21.9 Å². The SMILES string of the molecule is CCC(C)NC(=O)c1ccnc(Nc2ccccc2C#N)n1. The van der Waals surface area contributed by atoms with Crippen LogP contribution in [0.2, 0.25) is 0 Å². The summed E-state index contributed by atoms with van der Waals surface area (Å²) in [6.45, 7) is 3.93. The van der Waals surface area contributed by atoms with Crippen LogP contribution in [0.5, 0.6) is 0 Å². The molecule has 0 aliphatic heterocycles. The lowest BCUT2D eigenvalue weighted by Crippen LogP contribution is -2.32. The Morgan fingerprint density at radius 1 is 1.36 bits per heavy atom. The summed E-state index contributed by atoms with van der Waals surface area (Å²) < 4.78 is 0. The van der Waals surface area contributed by atoms with Crippen molar-refractivity contribution in [3.8, 4) is 6.07 Å². The van der Waals surface area contributed by atoms with Gasteiger partial charge in [0.1, 0.15) is 11.8 Å². The Morgan fingerprint density at radius 2 is 2.14 bits per heavy atom. The second kappa shape index (κ2) is 7.18. The number of rotatable bonds is 5. The van der Waals surface area contributed by atoms with Crippen LogP contribution < -0.4 is 10.6 Å². The molecular weight excluding hydrogens is 278 g/mol. The molecule has 2 N–H and O–H groups in total. The van der Waals surface area contributed by atoms with E-state index in [0.717, 1.165) is 6.42 Å². The van der Waals surface area contributed by atoms with Crippen LogP contribution in [0.25, 0.3) is 0 Å². The first kappa shape index (κ1) is 15.4. The summed E-state index contributed by atoms with van der Waals surface area (Å²) in [6, 6.07) is 10.8. The van der Waals surface area contributed by atoms with Gasteiger partial charge in [0.25, 0.3) is 5.91 Å². The molecule has 1 atom stereocenters.